The van der Waals surface area contributed by atoms with Gasteiger partial charge >= 0.3 is 12.0 Å². The van der Waals surface area contributed by atoms with Gasteiger partial charge < -0.3 is 15.7 Å². The highest BCUT2D eigenvalue weighted by atomic mass is 16.4. The number of benzene rings is 1. The summed E-state index contributed by atoms with van der Waals surface area (Å²) < 4.78 is 1.51. The van der Waals surface area contributed by atoms with Gasteiger partial charge in [-0.1, -0.05) is 30.3 Å². The molecule has 8 heteroatoms. The van der Waals surface area contributed by atoms with Crippen LogP contribution in [0.4, 0.5) is 4.79 Å². The van der Waals surface area contributed by atoms with Crippen LogP contribution in [0.15, 0.2) is 36.7 Å². The average molecular weight is 289 g/mol. The van der Waals surface area contributed by atoms with E-state index < -0.39 is 18.0 Å². The molecule has 110 valence electrons. The number of amides is 2. The molecule has 0 aliphatic carbocycles. The highest BCUT2D eigenvalue weighted by molar-refractivity contribution is 5.83. The lowest BCUT2D eigenvalue weighted by molar-refractivity contribution is -0.139. The molecule has 0 saturated heterocycles. The molecule has 0 fully saturated rings. The summed E-state index contributed by atoms with van der Waals surface area (Å²) in [5, 5.41) is 18.1. The van der Waals surface area contributed by atoms with E-state index in [1.165, 1.54) is 11.0 Å². The summed E-state index contributed by atoms with van der Waals surface area (Å²) in [5.41, 5.74) is 0.496. The van der Waals surface area contributed by atoms with Crippen molar-refractivity contribution in [2.24, 2.45) is 7.05 Å². The molecule has 1 heterocycles. The summed E-state index contributed by atoms with van der Waals surface area (Å²) in [6.45, 7) is 0.119. The first kappa shape index (κ1) is 14.5. The largest absolute Gasteiger partial charge is 0.479 e. The Balaban J connectivity index is 1.94. The maximum Gasteiger partial charge on any atom is 0.330 e. The molecule has 1 aromatic heterocycles. The lowest BCUT2D eigenvalue weighted by atomic mass is 10.1. The Kier molecular flexibility index (Phi) is 4.50. The molecule has 2 aromatic rings. The van der Waals surface area contributed by atoms with Crippen LogP contribution < -0.4 is 10.6 Å². The van der Waals surface area contributed by atoms with Crippen LogP contribution in [0.25, 0.3) is 0 Å². The van der Waals surface area contributed by atoms with Crippen molar-refractivity contribution >= 4 is 12.0 Å². The van der Waals surface area contributed by atoms with Crippen molar-refractivity contribution in [1.29, 1.82) is 0 Å². The second kappa shape index (κ2) is 6.51. The predicted octanol–water partition coefficient (Wildman–Crippen LogP) is 0.440. The van der Waals surface area contributed by atoms with Gasteiger partial charge in [-0.2, -0.15) is 5.10 Å². The zero-order chi connectivity index (χ0) is 15.2. The Labute approximate surface area is 120 Å². The van der Waals surface area contributed by atoms with Gasteiger partial charge in [0.2, 0.25) is 0 Å². The number of carbonyl (C=O) groups excluding carboxylic acids is 1. The maximum absolute atomic E-state index is 11.8. The highest BCUT2D eigenvalue weighted by Gasteiger charge is 2.21. The molecular weight excluding hydrogens is 274 g/mol. The third kappa shape index (κ3) is 4.03. The Bertz CT molecular complexity index is 626. The van der Waals surface area contributed by atoms with Crippen LogP contribution in [0.5, 0.6) is 0 Å². The summed E-state index contributed by atoms with van der Waals surface area (Å²) in [6, 6.07) is 6.76. The van der Waals surface area contributed by atoms with Gasteiger partial charge in [0, 0.05) is 7.05 Å². The quantitative estimate of drug-likeness (QED) is 0.740. The Morgan fingerprint density at radius 1 is 1.33 bits per heavy atom. The minimum absolute atomic E-state index is 0.119. The Hall–Kier alpha value is -2.90. The lowest BCUT2D eigenvalue weighted by Gasteiger charge is -2.15. The minimum Gasteiger partial charge on any atom is -0.479 e. The summed E-state index contributed by atoms with van der Waals surface area (Å²) in [6.07, 6.45) is 1.51. The summed E-state index contributed by atoms with van der Waals surface area (Å²) >= 11 is 0. The molecule has 2 amide bonds. The van der Waals surface area contributed by atoms with Crippen LogP contribution in [0.1, 0.15) is 17.4 Å². The molecule has 2 rings (SSSR count). The molecule has 1 aromatic carbocycles. The SMILES string of the molecule is Cn1cnc(CNC(=O)NC(C(=O)O)c2ccccc2)n1. The second-order valence-corrected chi connectivity index (χ2v) is 4.34. The van der Waals surface area contributed by atoms with E-state index in [-0.39, 0.29) is 6.54 Å². The number of carboxylic acids is 1. The number of nitrogens with zero attached hydrogens (tertiary/aromatic N) is 3. The van der Waals surface area contributed by atoms with Crippen LogP contribution in [-0.2, 0) is 18.4 Å². The van der Waals surface area contributed by atoms with Crippen molar-refractivity contribution in [1.82, 2.24) is 25.4 Å². The van der Waals surface area contributed by atoms with E-state index in [2.05, 4.69) is 20.7 Å². The van der Waals surface area contributed by atoms with Crippen LogP contribution >= 0.6 is 0 Å². The van der Waals surface area contributed by atoms with Gasteiger partial charge in [-0.25, -0.2) is 14.6 Å². The normalized spacial score (nSPS) is 11.7. The van der Waals surface area contributed by atoms with Crippen LogP contribution in [0.3, 0.4) is 0 Å². The number of nitrogens with one attached hydrogen (secondary N) is 2. The molecule has 0 aliphatic rings. The van der Waals surface area contributed by atoms with Crippen molar-refractivity contribution in [3.8, 4) is 0 Å². The molecule has 0 spiro atoms. The second-order valence-electron chi connectivity index (χ2n) is 4.34. The van der Waals surface area contributed by atoms with Gasteiger partial charge in [0.25, 0.3) is 0 Å². The van der Waals surface area contributed by atoms with E-state index in [4.69, 9.17) is 0 Å². The minimum atomic E-state index is -1.13. The molecule has 0 radical (unpaired) electrons. The molecule has 3 N–H and O–H groups in total. The van der Waals surface area contributed by atoms with Crippen molar-refractivity contribution in [3.63, 3.8) is 0 Å². The molecule has 8 nitrogen and oxygen atoms in total. The first-order valence-corrected chi connectivity index (χ1v) is 6.23. The van der Waals surface area contributed by atoms with E-state index in [1.54, 1.807) is 37.4 Å². The average Bonchev–Trinajstić information content (AvgIpc) is 2.89. The number of aryl methyl sites for hydroxylation is 1. The summed E-state index contributed by atoms with van der Waals surface area (Å²) in [7, 11) is 1.71. The summed E-state index contributed by atoms with van der Waals surface area (Å²) in [5.74, 6) is -0.688. The van der Waals surface area contributed by atoms with Gasteiger partial charge in [0.15, 0.2) is 11.9 Å². The van der Waals surface area contributed by atoms with Gasteiger partial charge in [0.05, 0.1) is 6.54 Å². The predicted molar refractivity (Wildman–Crippen MR) is 73.2 cm³/mol. The van der Waals surface area contributed by atoms with Crippen molar-refractivity contribution in [3.05, 3.63) is 48.0 Å². The van der Waals surface area contributed by atoms with E-state index in [0.717, 1.165) is 0 Å². The number of rotatable bonds is 5. The van der Waals surface area contributed by atoms with Gasteiger partial charge in [-0.15, -0.1) is 0 Å². The summed E-state index contributed by atoms with van der Waals surface area (Å²) in [4.78, 5) is 27.0. The first-order valence-electron chi connectivity index (χ1n) is 6.23. The standard InChI is InChI=1S/C13H15N5O3/c1-18-8-15-10(17-18)7-14-13(21)16-11(12(19)20)9-5-3-2-4-6-9/h2-6,8,11H,7H2,1H3,(H,19,20)(H2,14,16,21). The monoisotopic (exact) mass is 289 g/mol. The number of aliphatic carboxylic acids is 1. The van der Waals surface area contributed by atoms with E-state index in [1.807, 2.05) is 0 Å². The fraction of sp³-hybridized carbons (Fsp3) is 0.231. The Morgan fingerprint density at radius 3 is 2.62 bits per heavy atom. The number of carbonyl (C=O) groups is 2. The third-order valence-corrected chi connectivity index (χ3v) is 2.71. The van der Waals surface area contributed by atoms with Gasteiger partial charge in [-0.05, 0) is 5.56 Å². The van der Waals surface area contributed by atoms with Crippen molar-refractivity contribution in [2.45, 2.75) is 12.6 Å². The zero-order valence-electron chi connectivity index (χ0n) is 11.4. The lowest BCUT2D eigenvalue weighted by Crippen LogP contribution is -2.40. The van der Waals surface area contributed by atoms with Gasteiger partial charge in [0.1, 0.15) is 6.33 Å². The van der Waals surface area contributed by atoms with Crippen LogP contribution in [0, 0.1) is 0 Å². The van der Waals surface area contributed by atoms with Crippen LogP contribution in [-0.4, -0.2) is 31.9 Å². The number of hydrogen-bond donors (Lipinski definition) is 3. The maximum atomic E-state index is 11.8. The first-order chi connectivity index (χ1) is 10.1. The highest BCUT2D eigenvalue weighted by Crippen LogP contribution is 2.12. The molecule has 1 atom stereocenters. The van der Waals surface area contributed by atoms with E-state index >= 15 is 0 Å². The molecule has 21 heavy (non-hydrogen) atoms. The molecular formula is C13H15N5O3. The van der Waals surface area contributed by atoms with Crippen molar-refractivity contribution in [2.75, 3.05) is 0 Å². The van der Waals surface area contributed by atoms with Crippen molar-refractivity contribution < 1.29 is 14.7 Å². The zero-order valence-corrected chi connectivity index (χ0v) is 11.4. The van der Waals surface area contributed by atoms with E-state index in [0.29, 0.717) is 11.4 Å². The topological polar surface area (TPSA) is 109 Å². The molecule has 1 unspecified atom stereocenters. The van der Waals surface area contributed by atoms with Gasteiger partial charge in [-0.3, -0.25) is 4.68 Å². The number of aromatic nitrogens is 3. The smallest absolute Gasteiger partial charge is 0.330 e. The molecule has 0 aliphatic heterocycles. The Morgan fingerprint density at radius 2 is 2.05 bits per heavy atom. The number of hydrogen-bond acceptors (Lipinski definition) is 4. The molecule has 0 bridgehead atoms. The fourth-order valence-electron chi connectivity index (χ4n) is 1.74. The molecule has 0 saturated carbocycles. The van der Waals surface area contributed by atoms with Crippen LogP contribution in [0.2, 0.25) is 0 Å². The number of urea groups is 1. The fourth-order valence-corrected chi connectivity index (χ4v) is 1.74. The van der Waals surface area contributed by atoms with E-state index in [9.17, 15) is 14.7 Å². The third-order valence-electron chi connectivity index (χ3n) is 2.71. The number of carboxylic acid groups (broad SMARTS) is 1.